The van der Waals surface area contributed by atoms with Gasteiger partial charge in [-0.1, -0.05) is 23.7 Å². The highest BCUT2D eigenvalue weighted by Gasteiger charge is 2.04. The van der Waals surface area contributed by atoms with Gasteiger partial charge < -0.3 is 15.5 Å². The van der Waals surface area contributed by atoms with E-state index in [4.69, 9.17) is 11.6 Å². The number of pyridine rings is 1. The quantitative estimate of drug-likeness (QED) is 0.218. The number of rotatable bonds is 7. The molecule has 128 valence electrons. The second-order valence-corrected chi connectivity index (χ2v) is 5.18. The van der Waals surface area contributed by atoms with Crippen LogP contribution in [-0.4, -0.2) is 55.5 Å². The van der Waals surface area contributed by atoms with Crippen LogP contribution >= 0.6 is 35.6 Å². The third kappa shape index (κ3) is 9.39. The Bertz CT molecular complexity index is 519. The molecule has 0 spiro atoms. The molecule has 1 aromatic heterocycles. The molecule has 0 saturated carbocycles. The lowest BCUT2D eigenvalue weighted by atomic mass is 10.2. The summed E-state index contributed by atoms with van der Waals surface area (Å²) in [5, 5.41) is 6.72. The van der Waals surface area contributed by atoms with Crippen LogP contribution in [0.15, 0.2) is 36.0 Å². The number of nitrogens with zero attached hydrogens (tertiary/aromatic N) is 3. The molecular weight excluding hydrogens is 429 g/mol. The molecule has 0 aliphatic heterocycles. The predicted molar refractivity (Wildman–Crippen MR) is 106 cm³/mol. The Labute approximate surface area is 159 Å². The molecule has 1 rings (SSSR count). The maximum Gasteiger partial charge on any atom is 0.243 e. The fourth-order valence-corrected chi connectivity index (χ4v) is 1.62. The number of halogens is 2. The van der Waals surface area contributed by atoms with Crippen molar-refractivity contribution in [3.63, 3.8) is 0 Å². The van der Waals surface area contributed by atoms with E-state index >= 15 is 0 Å². The van der Waals surface area contributed by atoms with E-state index < -0.39 is 0 Å². The second-order valence-electron chi connectivity index (χ2n) is 4.79. The Morgan fingerprint density at radius 3 is 2.74 bits per heavy atom. The van der Waals surface area contributed by atoms with Gasteiger partial charge in [0.2, 0.25) is 5.91 Å². The summed E-state index contributed by atoms with van der Waals surface area (Å²) in [4.78, 5) is 21.4. The number of nitrogens with one attached hydrogen (secondary N) is 2. The molecule has 0 unspecified atom stereocenters. The molecule has 23 heavy (non-hydrogen) atoms. The smallest absolute Gasteiger partial charge is 0.243 e. The molecule has 2 N–H and O–H groups in total. The van der Waals surface area contributed by atoms with E-state index in [1.807, 2.05) is 6.07 Å². The molecule has 6 nitrogen and oxygen atoms in total. The van der Waals surface area contributed by atoms with Gasteiger partial charge in [-0.25, -0.2) is 9.98 Å². The Hall–Kier alpha value is -1.35. The number of amides is 1. The zero-order chi connectivity index (χ0) is 16.4. The first-order valence-electron chi connectivity index (χ1n) is 6.96. The minimum atomic E-state index is -0.0541. The normalized spacial score (nSPS) is 10.5. The summed E-state index contributed by atoms with van der Waals surface area (Å²) in [7, 11) is 3.41. The van der Waals surface area contributed by atoms with Crippen molar-refractivity contribution < 1.29 is 4.79 Å². The summed E-state index contributed by atoms with van der Waals surface area (Å²) in [6, 6.07) is 3.69. The number of carbonyl (C=O) groups excluding carboxylic acids is 1. The molecule has 0 bridgehead atoms. The van der Waals surface area contributed by atoms with Gasteiger partial charge >= 0.3 is 0 Å². The number of hydrogen-bond acceptors (Lipinski definition) is 3. The topological polar surface area (TPSA) is 69.6 Å². The van der Waals surface area contributed by atoms with Crippen LogP contribution in [0.4, 0.5) is 0 Å². The maximum atomic E-state index is 11.6. The fraction of sp³-hybridized carbons (Fsp3) is 0.400. The molecule has 1 heterocycles. The fourth-order valence-electron chi connectivity index (χ4n) is 1.51. The van der Waals surface area contributed by atoms with Crippen LogP contribution in [-0.2, 0) is 11.2 Å². The molecule has 0 aliphatic rings. The van der Waals surface area contributed by atoms with Gasteiger partial charge in [0.1, 0.15) is 11.7 Å². The number of likely N-dealkylation sites (N-methyl/N-ethyl adjacent to an activating group) is 1. The summed E-state index contributed by atoms with van der Waals surface area (Å²) in [6.07, 6.45) is 4.25. The second kappa shape index (κ2) is 12.1. The first-order valence-corrected chi connectivity index (χ1v) is 7.34. The van der Waals surface area contributed by atoms with Crippen molar-refractivity contribution in [1.82, 2.24) is 20.5 Å². The Morgan fingerprint density at radius 2 is 2.17 bits per heavy atom. The number of guanidine groups is 1. The first kappa shape index (κ1) is 21.6. The van der Waals surface area contributed by atoms with Gasteiger partial charge in [-0.3, -0.25) is 4.79 Å². The van der Waals surface area contributed by atoms with Crippen LogP contribution < -0.4 is 10.6 Å². The van der Waals surface area contributed by atoms with Gasteiger partial charge in [0.25, 0.3) is 0 Å². The van der Waals surface area contributed by atoms with Crippen molar-refractivity contribution in [1.29, 1.82) is 0 Å². The Balaban J connectivity index is 0.00000484. The van der Waals surface area contributed by atoms with Crippen LogP contribution in [0.25, 0.3) is 0 Å². The maximum absolute atomic E-state index is 11.6. The van der Waals surface area contributed by atoms with Crippen molar-refractivity contribution in [2.24, 2.45) is 4.99 Å². The van der Waals surface area contributed by atoms with Gasteiger partial charge in [-0.2, -0.15) is 0 Å². The third-order valence-electron chi connectivity index (χ3n) is 2.78. The summed E-state index contributed by atoms with van der Waals surface area (Å²) >= 11 is 5.75. The minimum Gasteiger partial charge on any atom is -0.356 e. The highest BCUT2D eigenvalue weighted by Crippen LogP contribution is 2.05. The van der Waals surface area contributed by atoms with Crippen molar-refractivity contribution >= 4 is 47.4 Å². The zero-order valence-corrected chi connectivity index (χ0v) is 16.5. The van der Waals surface area contributed by atoms with Gasteiger partial charge in [0.15, 0.2) is 5.96 Å². The van der Waals surface area contributed by atoms with Crippen molar-refractivity contribution in [3.8, 4) is 0 Å². The van der Waals surface area contributed by atoms with Crippen LogP contribution in [0.3, 0.4) is 0 Å². The summed E-state index contributed by atoms with van der Waals surface area (Å²) in [5.41, 5.74) is 1.07. The predicted octanol–water partition coefficient (Wildman–Crippen LogP) is 1.70. The van der Waals surface area contributed by atoms with E-state index in [2.05, 4.69) is 27.2 Å². The average molecular weight is 452 g/mol. The Kier molecular flexibility index (Phi) is 11.4. The van der Waals surface area contributed by atoms with Crippen LogP contribution in [0.2, 0.25) is 5.15 Å². The highest BCUT2D eigenvalue weighted by molar-refractivity contribution is 14.0. The van der Waals surface area contributed by atoms with Crippen molar-refractivity contribution in [2.45, 2.75) is 6.42 Å². The van der Waals surface area contributed by atoms with Gasteiger partial charge in [-0.15, -0.1) is 30.6 Å². The summed E-state index contributed by atoms with van der Waals surface area (Å²) in [5.74, 6) is 0.527. The van der Waals surface area contributed by atoms with Gasteiger partial charge in [0, 0.05) is 33.4 Å². The van der Waals surface area contributed by atoms with Gasteiger partial charge in [-0.05, 0) is 18.1 Å². The average Bonchev–Trinajstić information content (AvgIpc) is 2.50. The van der Waals surface area contributed by atoms with E-state index in [9.17, 15) is 4.79 Å². The van der Waals surface area contributed by atoms with Crippen LogP contribution in [0.1, 0.15) is 5.56 Å². The summed E-state index contributed by atoms with van der Waals surface area (Å²) in [6.45, 7) is 4.99. The van der Waals surface area contributed by atoms with E-state index in [-0.39, 0.29) is 36.4 Å². The molecule has 1 amide bonds. The molecule has 8 heteroatoms. The zero-order valence-electron chi connectivity index (χ0n) is 13.4. The molecule has 0 aromatic carbocycles. The molecule has 0 atom stereocenters. The Morgan fingerprint density at radius 1 is 1.43 bits per heavy atom. The molecule has 0 fully saturated rings. The number of hydrogen-bond donors (Lipinski definition) is 2. The minimum absolute atomic E-state index is 0. The van der Waals surface area contributed by atoms with Crippen LogP contribution in [0, 0.1) is 0 Å². The number of aromatic nitrogens is 1. The lowest BCUT2D eigenvalue weighted by Crippen LogP contribution is -2.39. The SMILES string of the molecule is C=CCNC(=NCC(=O)N(C)C)NCCc1ccc(Cl)nc1.I. The lowest BCUT2D eigenvalue weighted by Gasteiger charge is -2.12. The monoisotopic (exact) mass is 451 g/mol. The largest absolute Gasteiger partial charge is 0.356 e. The van der Waals surface area contributed by atoms with E-state index in [1.165, 1.54) is 4.90 Å². The van der Waals surface area contributed by atoms with Crippen molar-refractivity contribution in [3.05, 3.63) is 41.7 Å². The first-order chi connectivity index (χ1) is 10.5. The standard InChI is InChI=1S/C15H22ClN5O.HI/c1-4-8-17-15(20-11-14(22)21(2)3)18-9-7-12-5-6-13(16)19-10-12;/h4-6,10H,1,7-9,11H2,2-3H3,(H2,17,18,20);1H. The lowest BCUT2D eigenvalue weighted by molar-refractivity contribution is -0.127. The van der Waals surface area contributed by atoms with Gasteiger partial charge in [0.05, 0.1) is 0 Å². The number of aliphatic imine (C=N–C) groups is 1. The molecule has 0 aliphatic carbocycles. The third-order valence-corrected chi connectivity index (χ3v) is 3.00. The molecule has 1 aromatic rings. The van der Waals surface area contributed by atoms with Crippen molar-refractivity contribution in [2.75, 3.05) is 33.7 Å². The molecule has 0 saturated heterocycles. The van der Waals surface area contributed by atoms with E-state index in [0.717, 1.165) is 12.0 Å². The van der Waals surface area contributed by atoms with E-state index in [0.29, 0.717) is 24.2 Å². The van der Waals surface area contributed by atoms with E-state index in [1.54, 1.807) is 32.4 Å². The van der Waals surface area contributed by atoms with Crippen LogP contribution in [0.5, 0.6) is 0 Å². The number of carbonyl (C=O) groups is 1. The highest BCUT2D eigenvalue weighted by atomic mass is 127. The summed E-state index contributed by atoms with van der Waals surface area (Å²) < 4.78 is 0. The molecule has 0 radical (unpaired) electrons. The molecular formula is C15H23ClIN5O.